The number of anilines is 1. The van der Waals surface area contributed by atoms with E-state index in [9.17, 15) is 13.2 Å². The van der Waals surface area contributed by atoms with Gasteiger partial charge in [-0.2, -0.15) is 0 Å². The smallest absolute Gasteiger partial charge is 0.319 e. The lowest BCUT2D eigenvalue weighted by Crippen LogP contribution is -2.47. The molecule has 6 nitrogen and oxygen atoms in total. The minimum atomic E-state index is -3.37. The molecule has 1 aliphatic heterocycles. The fourth-order valence-corrected chi connectivity index (χ4v) is 4.51. The lowest BCUT2D eigenvalue weighted by Gasteiger charge is -2.33. The molecule has 0 saturated carbocycles. The molecule has 0 spiro atoms. The highest BCUT2D eigenvalue weighted by atomic mass is 35.5. The van der Waals surface area contributed by atoms with Gasteiger partial charge in [0.2, 0.25) is 0 Å². The summed E-state index contributed by atoms with van der Waals surface area (Å²) in [5, 5.41) is 5.92. The molecular formula is C19H30ClN3O3S. The lowest BCUT2D eigenvalue weighted by molar-refractivity contribution is 0.163. The summed E-state index contributed by atoms with van der Waals surface area (Å²) in [5.41, 5.74) is 0.289. The van der Waals surface area contributed by atoms with Crippen LogP contribution in [0.4, 0.5) is 10.5 Å². The van der Waals surface area contributed by atoms with Gasteiger partial charge in [-0.15, -0.1) is 0 Å². The van der Waals surface area contributed by atoms with Gasteiger partial charge in [-0.05, 0) is 50.0 Å². The van der Waals surface area contributed by atoms with Gasteiger partial charge in [0, 0.05) is 18.8 Å². The monoisotopic (exact) mass is 415 g/mol. The van der Waals surface area contributed by atoms with E-state index in [1.807, 2.05) is 0 Å². The van der Waals surface area contributed by atoms with Crippen LogP contribution in [0.2, 0.25) is 5.02 Å². The van der Waals surface area contributed by atoms with Crippen LogP contribution >= 0.6 is 11.6 Å². The molecule has 27 heavy (non-hydrogen) atoms. The minimum absolute atomic E-state index is 0.120. The van der Waals surface area contributed by atoms with Crippen molar-refractivity contribution >= 4 is 33.2 Å². The Kier molecular flexibility index (Phi) is 7.94. The van der Waals surface area contributed by atoms with Crippen molar-refractivity contribution in [2.24, 2.45) is 5.92 Å². The van der Waals surface area contributed by atoms with Crippen LogP contribution in [0, 0.1) is 5.92 Å². The normalized spacial score (nSPS) is 16.5. The molecule has 1 fully saturated rings. The van der Waals surface area contributed by atoms with Gasteiger partial charge in [-0.1, -0.05) is 38.3 Å². The highest BCUT2D eigenvalue weighted by Crippen LogP contribution is 2.26. The second kappa shape index (κ2) is 9.75. The topological polar surface area (TPSA) is 78.5 Å². The van der Waals surface area contributed by atoms with Crippen LogP contribution in [0.5, 0.6) is 0 Å². The number of urea groups is 1. The molecule has 2 amide bonds. The number of nitrogens with zero attached hydrogens (tertiary/aromatic N) is 1. The van der Waals surface area contributed by atoms with Gasteiger partial charge >= 0.3 is 6.03 Å². The van der Waals surface area contributed by atoms with Crippen LogP contribution < -0.4 is 10.6 Å². The summed E-state index contributed by atoms with van der Waals surface area (Å²) in [4.78, 5) is 15.0. The fraction of sp³-hybridized carbons (Fsp3) is 0.632. The summed E-state index contributed by atoms with van der Waals surface area (Å²) >= 11 is 6.11. The minimum Gasteiger partial charge on any atom is -0.336 e. The number of nitrogens with one attached hydrogen (secondary N) is 2. The number of hydrogen-bond acceptors (Lipinski definition) is 4. The predicted octanol–water partition coefficient (Wildman–Crippen LogP) is 3.77. The van der Waals surface area contributed by atoms with E-state index in [1.54, 1.807) is 0 Å². The summed E-state index contributed by atoms with van der Waals surface area (Å²) in [6.45, 7) is 7.09. The Balaban J connectivity index is 2.03. The number of carbonyl (C=O) groups excluding carboxylic acids is 1. The average Bonchev–Trinajstić information content (AvgIpc) is 3.13. The molecule has 1 aliphatic rings. The number of rotatable bonds is 8. The first-order chi connectivity index (χ1) is 12.8. The van der Waals surface area contributed by atoms with Gasteiger partial charge in [-0.3, -0.25) is 4.90 Å². The van der Waals surface area contributed by atoms with Crippen molar-refractivity contribution in [2.45, 2.75) is 50.5 Å². The van der Waals surface area contributed by atoms with Crippen LogP contribution in [0.15, 0.2) is 23.1 Å². The van der Waals surface area contributed by atoms with E-state index < -0.39 is 9.84 Å². The Morgan fingerprint density at radius 3 is 2.41 bits per heavy atom. The van der Waals surface area contributed by atoms with E-state index in [2.05, 4.69) is 29.4 Å². The number of sulfone groups is 1. The zero-order valence-corrected chi connectivity index (χ0v) is 17.9. The van der Waals surface area contributed by atoms with Gasteiger partial charge in [0.1, 0.15) is 0 Å². The summed E-state index contributed by atoms with van der Waals surface area (Å²) in [6, 6.07) is 4.22. The highest BCUT2D eigenvalue weighted by molar-refractivity contribution is 7.90. The Morgan fingerprint density at radius 1 is 1.22 bits per heavy atom. The average molecular weight is 416 g/mol. The third kappa shape index (κ3) is 6.09. The molecule has 152 valence electrons. The van der Waals surface area contributed by atoms with E-state index in [1.165, 1.54) is 31.0 Å². The van der Waals surface area contributed by atoms with Crippen molar-refractivity contribution < 1.29 is 13.2 Å². The molecule has 0 radical (unpaired) electrons. The van der Waals surface area contributed by atoms with Crippen molar-refractivity contribution in [3.63, 3.8) is 0 Å². The largest absolute Gasteiger partial charge is 0.336 e. The van der Waals surface area contributed by atoms with E-state index in [0.29, 0.717) is 23.5 Å². The third-order valence-corrected chi connectivity index (χ3v) is 6.73. The van der Waals surface area contributed by atoms with Gasteiger partial charge in [0.25, 0.3) is 0 Å². The van der Waals surface area contributed by atoms with Crippen molar-refractivity contribution in [3.05, 3.63) is 23.2 Å². The number of carbonyl (C=O) groups is 1. The molecule has 0 bridgehead atoms. The van der Waals surface area contributed by atoms with E-state index in [4.69, 9.17) is 11.6 Å². The first kappa shape index (κ1) is 22.0. The van der Waals surface area contributed by atoms with Crippen LogP contribution in [0.25, 0.3) is 0 Å². The molecule has 1 atom stereocenters. The summed E-state index contributed by atoms with van der Waals surface area (Å²) in [5.74, 6) is 0.528. The van der Waals surface area contributed by atoms with Crippen LogP contribution in [-0.4, -0.2) is 51.3 Å². The molecule has 1 saturated heterocycles. The Bertz CT molecular complexity index is 743. The Morgan fingerprint density at radius 2 is 1.85 bits per heavy atom. The standard InChI is InChI=1S/C19H30ClN3O3S/c1-4-14(5-2)18(23-10-6-7-11-23)13-21-19(24)22-17-12-15(27(3,25)26)8-9-16(17)20/h8-9,12,14,18H,4-7,10-11,13H2,1-3H3,(H2,21,22,24)/t18-/m0/s1. The molecule has 2 N–H and O–H groups in total. The molecule has 0 unspecified atom stereocenters. The zero-order valence-electron chi connectivity index (χ0n) is 16.3. The molecule has 0 aromatic heterocycles. The van der Waals surface area contributed by atoms with E-state index >= 15 is 0 Å². The number of amides is 2. The van der Waals surface area contributed by atoms with Crippen molar-refractivity contribution in [1.82, 2.24) is 10.2 Å². The van der Waals surface area contributed by atoms with Gasteiger partial charge in [-0.25, -0.2) is 13.2 Å². The first-order valence-corrected chi connectivity index (χ1v) is 11.8. The van der Waals surface area contributed by atoms with E-state index in [-0.39, 0.29) is 16.6 Å². The first-order valence-electron chi connectivity index (χ1n) is 9.54. The molecule has 2 rings (SSSR count). The molecular weight excluding hydrogens is 386 g/mol. The second-order valence-corrected chi connectivity index (χ2v) is 9.56. The highest BCUT2D eigenvalue weighted by Gasteiger charge is 2.27. The van der Waals surface area contributed by atoms with E-state index in [0.717, 1.165) is 32.2 Å². The number of hydrogen-bond donors (Lipinski definition) is 2. The lowest BCUT2D eigenvalue weighted by atomic mass is 9.93. The summed E-state index contributed by atoms with van der Waals surface area (Å²) in [7, 11) is -3.37. The second-order valence-electron chi connectivity index (χ2n) is 7.14. The zero-order chi connectivity index (χ0) is 20.0. The number of benzene rings is 1. The third-order valence-electron chi connectivity index (χ3n) is 5.29. The maximum absolute atomic E-state index is 12.4. The molecule has 8 heteroatoms. The Hall–Kier alpha value is -1.31. The van der Waals surface area contributed by atoms with Crippen molar-refractivity contribution in [2.75, 3.05) is 31.2 Å². The summed E-state index contributed by atoms with van der Waals surface area (Å²) < 4.78 is 23.4. The molecule has 1 aromatic rings. The van der Waals surface area contributed by atoms with Crippen molar-refractivity contribution in [3.8, 4) is 0 Å². The van der Waals surface area contributed by atoms with Crippen LogP contribution in [-0.2, 0) is 9.84 Å². The predicted molar refractivity (Wildman–Crippen MR) is 110 cm³/mol. The summed E-state index contributed by atoms with van der Waals surface area (Å²) in [6.07, 6.45) is 5.68. The molecule has 1 heterocycles. The van der Waals surface area contributed by atoms with Gasteiger partial charge in [0.05, 0.1) is 15.6 Å². The van der Waals surface area contributed by atoms with Gasteiger partial charge in [0.15, 0.2) is 9.84 Å². The van der Waals surface area contributed by atoms with Gasteiger partial charge < -0.3 is 10.6 Å². The van der Waals surface area contributed by atoms with Crippen LogP contribution in [0.3, 0.4) is 0 Å². The maximum Gasteiger partial charge on any atom is 0.319 e. The SMILES string of the molecule is CCC(CC)[C@H](CNC(=O)Nc1cc(S(C)(=O)=O)ccc1Cl)N1CCCC1. The number of halogens is 1. The van der Waals surface area contributed by atoms with Crippen molar-refractivity contribution in [1.29, 1.82) is 0 Å². The molecule has 0 aliphatic carbocycles. The number of likely N-dealkylation sites (tertiary alicyclic amines) is 1. The molecule has 1 aromatic carbocycles. The van der Waals surface area contributed by atoms with Crippen LogP contribution in [0.1, 0.15) is 39.5 Å². The fourth-order valence-electron chi connectivity index (χ4n) is 3.69. The maximum atomic E-state index is 12.4. The Labute approximate surface area is 167 Å². The quantitative estimate of drug-likeness (QED) is 0.677.